The van der Waals surface area contributed by atoms with E-state index in [0.717, 1.165) is 50.5 Å². The Morgan fingerprint density at radius 3 is 1.42 bits per heavy atom. The van der Waals surface area contributed by atoms with Gasteiger partial charge < -0.3 is 34.8 Å². The molecule has 0 spiro atoms. The number of phenols is 2. The van der Waals surface area contributed by atoms with Gasteiger partial charge in [-0.15, -0.1) is 0 Å². The second-order valence-electron chi connectivity index (χ2n) is 8.81. The van der Waals surface area contributed by atoms with Crippen LogP contribution in [0.5, 0.6) is 17.2 Å². The summed E-state index contributed by atoms with van der Waals surface area (Å²) in [6, 6.07) is 7.40. The molecular formula is C29H26CoF6N2O7. The fourth-order valence-electron chi connectivity index (χ4n) is 3.26. The van der Waals surface area contributed by atoms with Crippen molar-refractivity contribution in [2.75, 3.05) is 7.11 Å². The standard InChI is InChI=1S/C25H20F6N2O3.2C2H4O2.Co/c1-13-6-17(24(26,27)28)8-15(22(13)34)11-32-20-5-4-19(36-3)10-21(20)33-12-16-9-18(25(29,30)31)7-14(2)23(16)35;2*1-2(3)4;/h4-12,34-35H,1-3H3;2*1H3,(H,3,4);/q;;;+2/p-2. The van der Waals surface area contributed by atoms with Crippen LogP contribution < -0.4 is 14.9 Å². The second-order valence-corrected chi connectivity index (χ2v) is 8.81. The number of halogens is 6. The van der Waals surface area contributed by atoms with Crippen LogP contribution in [0.2, 0.25) is 0 Å². The Labute approximate surface area is 263 Å². The molecule has 9 nitrogen and oxygen atoms in total. The number of rotatable bonds is 5. The van der Waals surface area contributed by atoms with Gasteiger partial charge in [-0.2, -0.15) is 26.3 Å². The minimum Gasteiger partial charge on any atom is -0.550 e. The molecule has 3 rings (SSSR count). The van der Waals surface area contributed by atoms with Crippen LogP contribution in [-0.2, 0) is 38.7 Å². The van der Waals surface area contributed by atoms with Crippen molar-refractivity contribution in [3.05, 3.63) is 75.8 Å². The molecule has 2 N–H and O–H groups in total. The number of phenolic OH excluding ortho intramolecular Hbond substituents is 2. The number of alkyl halides is 6. The molecule has 1 radical (unpaired) electrons. The molecule has 0 fully saturated rings. The summed E-state index contributed by atoms with van der Waals surface area (Å²) in [6.07, 6.45) is -7.25. The number of methoxy groups -OCH3 is 1. The molecule has 0 unspecified atom stereocenters. The van der Waals surface area contributed by atoms with Crippen LogP contribution in [0, 0.1) is 13.8 Å². The fourth-order valence-corrected chi connectivity index (χ4v) is 3.26. The minimum atomic E-state index is -4.64. The maximum absolute atomic E-state index is 13.2. The van der Waals surface area contributed by atoms with Crippen LogP contribution in [0.25, 0.3) is 0 Å². The topological polar surface area (TPSA) is 155 Å². The van der Waals surface area contributed by atoms with E-state index < -0.39 is 46.9 Å². The number of carbonyl (C=O) groups is 2. The summed E-state index contributed by atoms with van der Waals surface area (Å²) in [5.74, 6) is -2.64. The van der Waals surface area contributed by atoms with E-state index in [9.17, 15) is 36.6 Å². The van der Waals surface area contributed by atoms with Crippen molar-refractivity contribution in [3.8, 4) is 17.2 Å². The number of carboxylic acid groups (broad SMARTS) is 2. The van der Waals surface area contributed by atoms with Gasteiger partial charge in [-0.05, 0) is 75.2 Å². The Bertz CT molecular complexity index is 1540. The van der Waals surface area contributed by atoms with E-state index in [-0.39, 0.29) is 50.4 Å². The molecule has 0 atom stereocenters. The minimum absolute atomic E-state index is 0. The molecule has 0 bridgehead atoms. The first-order chi connectivity index (χ1) is 20.2. The number of hydrogen-bond acceptors (Lipinski definition) is 9. The van der Waals surface area contributed by atoms with Crippen molar-refractivity contribution in [3.63, 3.8) is 0 Å². The van der Waals surface area contributed by atoms with Crippen LogP contribution in [0.3, 0.4) is 0 Å². The van der Waals surface area contributed by atoms with Crippen LogP contribution >= 0.6 is 0 Å². The predicted molar refractivity (Wildman–Crippen MR) is 145 cm³/mol. The van der Waals surface area contributed by atoms with E-state index in [1.807, 2.05) is 0 Å². The molecule has 0 saturated heterocycles. The summed E-state index contributed by atoms with van der Waals surface area (Å²) >= 11 is 0. The van der Waals surface area contributed by atoms with Crippen molar-refractivity contribution in [2.45, 2.75) is 40.0 Å². The fraction of sp³-hybridized carbons (Fsp3) is 0.241. The number of benzene rings is 3. The molecule has 0 aliphatic heterocycles. The van der Waals surface area contributed by atoms with E-state index in [0.29, 0.717) is 5.75 Å². The summed E-state index contributed by atoms with van der Waals surface area (Å²) < 4.78 is 84.2. The van der Waals surface area contributed by atoms with E-state index in [1.165, 1.54) is 39.2 Å². The number of aliphatic carboxylic acids is 2. The Kier molecular flexibility index (Phi) is 15.3. The Balaban J connectivity index is 0.00000192. The summed E-state index contributed by atoms with van der Waals surface area (Å²) in [5, 5.41) is 38.2. The SMILES string of the molecule is CC(=O)[O-].CC(=O)[O-].COc1ccc(N=Cc2cc(C(F)(F)F)cc(C)c2O)c(N=Cc2cc(C(F)(F)F)cc(C)c2O)c1.[Co+2]. The molecule has 245 valence electrons. The molecule has 45 heavy (non-hydrogen) atoms. The largest absolute Gasteiger partial charge is 2.00 e. The quantitative estimate of drug-likeness (QED) is 0.289. The maximum atomic E-state index is 13.2. The summed E-state index contributed by atoms with van der Waals surface area (Å²) in [7, 11) is 1.37. The van der Waals surface area contributed by atoms with Crippen LogP contribution in [0.1, 0.15) is 47.2 Å². The number of hydrogen-bond donors (Lipinski definition) is 2. The molecule has 0 aliphatic rings. The van der Waals surface area contributed by atoms with Gasteiger partial charge in [-0.1, -0.05) is 0 Å². The van der Waals surface area contributed by atoms with Gasteiger partial charge in [0.15, 0.2) is 0 Å². The zero-order chi connectivity index (χ0) is 34.0. The van der Waals surface area contributed by atoms with Crippen LogP contribution in [-0.4, -0.2) is 41.7 Å². The van der Waals surface area contributed by atoms with Gasteiger partial charge in [-0.3, -0.25) is 9.98 Å². The number of aliphatic imine (C=N–C) groups is 2. The summed E-state index contributed by atoms with van der Waals surface area (Å²) in [6.45, 7) is 4.57. The van der Waals surface area contributed by atoms with Crippen molar-refractivity contribution in [1.82, 2.24) is 0 Å². The first-order valence-corrected chi connectivity index (χ1v) is 12.1. The first kappa shape index (κ1) is 40.4. The molecule has 3 aromatic rings. The van der Waals surface area contributed by atoms with E-state index in [1.54, 1.807) is 0 Å². The van der Waals surface area contributed by atoms with Crippen LogP contribution in [0.15, 0.2) is 52.4 Å². The number of nitrogens with zero attached hydrogens (tertiary/aromatic N) is 2. The third-order valence-electron chi connectivity index (χ3n) is 5.18. The smallest absolute Gasteiger partial charge is 0.550 e. The molecule has 0 heterocycles. The van der Waals surface area contributed by atoms with E-state index >= 15 is 0 Å². The van der Waals surface area contributed by atoms with Crippen molar-refractivity contribution in [1.29, 1.82) is 0 Å². The van der Waals surface area contributed by atoms with Crippen molar-refractivity contribution >= 4 is 35.7 Å². The summed E-state index contributed by atoms with van der Waals surface area (Å²) in [4.78, 5) is 26.0. The second kappa shape index (κ2) is 17.1. The predicted octanol–water partition coefficient (Wildman–Crippen LogP) is 4.77. The van der Waals surface area contributed by atoms with E-state index in [2.05, 4.69) is 9.98 Å². The molecule has 0 amide bonds. The number of carbonyl (C=O) groups excluding carboxylic acids is 2. The average molecular weight is 687 g/mol. The van der Waals surface area contributed by atoms with Crippen molar-refractivity contribution in [2.24, 2.45) is 9.98 Å². The maximum Gasteiger partial charge on any atom is 2.00 e. The van der Waals surface area contributed by atoms with E-state index in [4.69, 9.17) is 24.5 Å². The summed E-state index contributed by atoms with van der Waals surface area (Å²) in [5.41, 5.74) is -2.15. The van der Waals surface area contributed by atoms with Crippen molar-refractivity contribution < 1.29 is 77.9 Å². The molecular weight excluding hydrogens is 661 g/mol. The van der Waals surface area contributed by atoms with Gasteiger partial charge in [0.2, 0.25) is 0 Å². The Morgan fingerprint density at radius 2 is 1.09 bits per heavy atom. The van der Waals surface area contributed by atoms with Gasteiger partial charge in [0.25, 0.3) is 0 Å². The number of aryl methyl sites for hydroxylation is 2. The number of carboxylic acids is 2. The third-order valence-corrected chi connectivity index (χ3v) is 5.18. The average Bonchev–Trinajstić information content (AvgIpc) is 2.88. The molecule has 0 aliphatic carbocycles. The molecule has 3 aromatic carbocycles. The van der Waals surface area contributed by atoms with Gasteiger partial charge >= 0.3 is 29.1 Å². The zero-order valence-electron chi connectivity index (χ0n) is 24.1. The molecule has 0 aromatic heterocycles. The molecule has 16 heteroatoms. The number of ether oxygens (including phenoxy) is 1. The van der Waals surface area contributed by atoms with Gasteiger partial charge in [-0.25, -0.2) is 0 Å². The third kappa shape index (κ3) is 13.3. The van der Waals surface area contributed by atoms with Gasteiger partial charge in [0.1, 0.15) is 17.2 Å². The zero-order valence-corrected chi connectivity index (χ0v) is 25.2. The van der Waals surface area contributed by atoms with Gasteiger partial charge in [0, 0.05) is 41.6 Å². The molecule has 0 saturated carbocycles. The Morgan fingerprint density at radius 1 is 0.733 bits per heavy atom. The van der Waals surface area contributed by atoms with Crippen LogP contribution in [0.4, 0.5) is 37.7 Å². The number of aromatic hydroxyl groups is 2. The van der Waals surface area contributed by atoms with Gasteiger partial charge in [0.05, 0.1) is 29.6 Å². The first-order valence-electron chi connectivity index (χ1n) is 12.1. The monoisotopic (exact) mass is 687 g/mol. The normalized spacial score (nSPS) is 11.2. The Hall–Kier alpha value is -4.57.